The van der Waals surface area contributed by atoms with Gasteiger partial charge in [-0.2, -0.15) is 0 Å². The van der Waals surface area contributed by atoms with Gasteiger partial charge in [-0.05, 0) is 54.1 Å². The first-order chi connectivity index (χ1) is 17.4. The van der Waals surface area contributed by atoms with Gasteiger partial charge in [0.1, 0.15) is 11.5 Å². The summed E-state index contributed by atoms with van der Waals surface area (Å²) in [6.45, 7) is 0. The lowest BCUT2D eigenvalue weighted by molar-refractivity contribution is -0.119. The highest BCUT2D eigenvalue weighted by Gasteiger charge is 2.13. The van der Waals surface area contributed by atoms with Crippen LogP contribution in [0.4, 0.5) is 19.3 Å². The predicted octanol–water partition coefficient (Wildman–Crippen LogP) is 5.21. The fraction of sp³-hybridized carbons (Fsp3) is 0.115. The summed E-state index contributed by atoms with van der Waals surface area (Å²) in [5.41, 5.74) is 1.31. The topological polar surface area (TPSA) is 98.8 Å². The van der Waals surface area contributed by atoms with Crippen molar-refractivity contribution < 1.29 is 32.6 Å². The van der Waals surface area contributed by atoms with E-state index in [1.54, 1.807) is 62.9 Å². The van der Waals surface area contributed by atoms with E-state index in [4.69, 9.17) is 14.2 Å². The van der Waals surface area contributed by atoms with Crippen molar-refractivity contribution in [1.82, 2.24) is 10.3 Å². The van der Waals surface area contributed by atoms with E-state index < -0.39 is 23.6 Å². The average Bonchev–Trinajstić information content (AvgIpc) is 2.86. The highest BCUT2D eigenvalue weighted by atomic mass is 19.2. The van der Waals surface area contributed by atoms with Crippen molar-refractivity contribution in [2.24, 2.45) is 0 Å². The Balaban J connectivity index is 1.39. The summed E-state index contributed by atoms with van der Waals surface area (Å²) < 4.78 is 43.0. The number of carbonyl (C=O) groups is 2. The van der Waals surface area contributed by atoms with E-state index in [0.717, 1.165) is 17.5 Å². The summed E-state index contributed by atoms with van der Waals surface area (Å²) >= 11 is 0. The number of pyridine rings is 1. The molecule has 1 aromatic heterocycles. The maximum absolute atomic E-state index is 13.3. The van der Waals surface area contributed by atoms with E-state index in [9.17, 15) is 18.4 Å². The Kier molecular flexibility index (Phi) is 7.24. The van der Waals surface area contributed by atoms with E-state index in [1.165, 1.54) is 6.07 Å². The van der Waals surface area contributed by atoms with Crippen LogP contribution in [0.5, 0.6) is 23.0 Å². The number of ether oxygens (including phenoxy) is 3. The Bertz CT molecular complexity index is 1430. The molecule has 0 spiro atoms. The molecular formula is C26H21F2N3O5. The van der Waals surface area contributed by atoms with E-state index >= 15 is 0 Å². The zero-order valence-electron chi connectivity index (χ0n) is 19.3. The van der Waals surface area contributed by atoms with Gasteiger partial charge in [0.25, 0.3) is 0 Å². The van der Waals surface area contributed by atoms with Crippen LogP contribution in [-0.4, -0.2) is 31.1 Å². The number of imide groups is 1. The molecule has 0 aliphatic rings. The molecule has 0 radical (unpaired) electrons. The molecule has 0 saturated carbocycles. The number of nitrogens with one attached hydrogen (secondary N) is 2. The first-order valence-corrected chi connectivity index (χ1v) is 10.7. The molecule has 4 aromatic rings. The largest absolute Gasteiger partial charge is 0.493 e. The highest BCUT2D eigenvalue weighted by molar-refractivity contribution is 6.01. The second kappa shape index (κ2) is 10.7. The number of nitrogens with zero attached hydrogens (tertiary/aromatic N) is 1. The van der Waals surface area contributed by atoms with Crippen molar-refractivity contribution in [2.75, 3.05) is 19.5 Å². The van der Waals surface area contributed by atoms with Crippen LogP contribution in [0.25, 0.3) is 10.9 Å². The first-order valence-electron chi connectivity index (χ1n) is 10.7. The van der Waals surface area contributed by atoms with Crippen LogP contribution in [0.3, 0.4) is 0 Å². The van der Waals surface area contributed by atoms with Gasteiger partial charge in [-0.1, -0.05) is 6.07 Å². The Hall–Kier alpha value is -4.73. The Morgan fingerprint density at radius 3 is 2.28 bits per heavy atom. The fourth-order valence-corrected chi connectivity index (χ4v) is 3.44. The van der Waals surface area contributed by atoms with Gasteiger partial charge in [0.05, 0.1) is 26.2 Å². The normalized spacial score (nSPS) is 10.6. The first kappa shape index (κ1) is 24.4. The lowest BCUT2D eigenvalue weighted by atomic mass is 10.1. The lowest BCUT2D eigenvalue weighted by Crippen LogP contribution is -2.35. The minimum absolute atomic E-state index is 0.236. The predicted molar refractivity (Wildman–Crippen MR) is 129 cm³/mol. The van der Waals surface area contributed by atoms with Gasteiger partial charge >= 0.3 is 6.03 Å². The van der Waals surface area contributed by atoms with Crippen LogP contribution in [-0.2, 0) is 11.2 Å². The number of hydrogen-bond acceptors (Lipinski definition) is 6. The maximum Gasteiger partial charge on any atom is 0.325 e. The van der Waals surface area contributed by atoms with Crippen LogP contribution in [0.15, 0.2) is 66.9 Å². The second-order valence-corrected chi connectivity index (χ2v) is 7.59. The molecule has 184 valence electrons. The summed E-state index contributed by atoms with van der Waals surface area (Å²) in [6, 6.07) is 14.1. The van der Waals surface area contributed by atoms with Gasteiger partial charge < -0.3 is 19.5 Å². The third-order valence-electron chi connectivity index (χ3n) is 5.15. The monoisotopic (exact) mass is 493 g/mol. The number of aromatic nitrogens is 1. The quantitative estimate of drug-likeness (QED) is 0.367. The summed E-state index contributed by atoms with van der Waals surface area (Å²) in [7, 11) is 3.08. The molecule has 0 bridgehead atoms. The van der Waals surface area contributed by atoms with Crippen LogP contribution in [0, 0.1) is 11.6 Å². The van der Waals surface area contributed by atoms with E-state index in [1.807, 2.05) is 0 Å². The van der Waals surface area contributed by atoms with Gasteiger partial charge in [0, 0.05) is 23.3 Å². The Morgan fingerprint density at radius 2 is 1.58 bits per heavy atom. The van der Waals surface area contributed by atoms with Crippen molar-refractivity contribution in [2.45, 2.75) is 6.42 Å². The number of methoxy groups -OCH3 is 2. The van der Waals surface area contributed by atoms with Crippen molar-refractivity contribution in [1.29, 1.82) is 0 Å². The standard InChI is InChI=1S/C26H21F2N3O5/c1-34-23-13-18-21(14-24(23)35-2)29-10-9-22(18)36-17-6-4-16(5-7-17)30-26(33)31-25(32)12-15-3-8-19(27)20(28)11-15/h3-11,13-14H,12H2,1-2H3,(H2,30,31,32,33). The molecule has 3 amide bonds. The summed E-state index contributed by atoms with van der Waals surface area (Å²) in [5, 5.41) is 5.39. The molecule has 0 saturated heterocycles. The minimum atomic E-state index is -1.06. The molecule has 8 nitrogen and oxygen atoms in total. The maximum atomic E-state index is 13.3. The number of benzene rings is 3. The molecule has 0 aliphatic carbocycles. The third kappa shape index (κ3) is 5.66. The molecule has 0 unspecified atom stereocenters. The van der Waals surface area contributed by atoms with Crippen molar-refractivity contribution >= 4 is 28.5 Å². The minimum Gasteiger partial charge on any atom is -0.493 e. The van der Waals surface area contributed by atoms with Crippen LogP contribution in [0.2, 0.25) is 0 Å². The number of fused-ring (bicyclic) bond motifs is 1. The molecule has 3 aromatic carbocycles. The lowest BCUT2D eigenvalue weighted by Gasteiger charge is -2.13. The van der Waals surface area contributed by atoms with Gasteiger partial charge in [-0.15, -0.1) is 0 Å². The molecule has 0 aliphatic heterocycles. The Labute approximate surface area is 204 Å². The third-order valence-corrected chi connectivity index (χ3v) is 5.15. The average molecular weight is 493 g/mol. The second-order valence-electron chi connectivity index (χ2n) is 7.59. The molecule has 4 rings (SSSR count). The highest BCUT2D eigenvalue weighted by Crippen LogP contribution is 2.36. The van der Waals surface area contributed by atoms with Crippen molar-refractivity contribution in [3.8, 4) is 23.0 Å². The number of hydrogen-bond donors (Lipinski definition) is 2. The van der Waals surface area contributed by atoms with Crippen molar-refractivity contribution in [3.05, 3.63) is 84.1 Å². The van der Waals surface area contributed by atoms with Crippen molar-refractivity contribution in [3.63, 3.8) is 0 Å². The molecule has 10 heteroatoms. The summed E-state index contributed by atoms with van der Waals surface area (Å²) in [5.74, 6) is -0.624. The molecule has 2 N–H and O–H groups in total. The van der Waals surface area contributed by atoms with Gasteiger partial charge in [-0.25, -0.2) is 13.6 Å². The van der Waals surface area contributed by atoms with Gasteiger partial charge in [0.2, 0.25) is 5.91 Å². The SMILES string of the molecule is COc1cc2nccc(Oc3ccc(NC(=O)NC(=O)Cc4ccc(F)c(F)c4)cc3)c2cc1OC. The Morgan fingerprint density at radius 1 is 0.861 bits per heavy atom. The fourth-order valence-electron chi connectivity index (χ4n) is 3.44. The smallest absolute Gasteiger partial charge is 0.325 e. The molecular weight excluding hydrogens is 472 g/mol. The molecule has 0 atom stereocenters. The number of halogens is 2. The van der Waals surface area contributed by atoms with E-state index in [0.29, 0.717) is 34.2 Å². The van der Waals surface area contributed by atoms with Crippen LogP contribution in [0.1, 0.15) is 5.56 Å². The number of amides is 3. The van der Waals surface area contributed by atoms with E-state index in [2.05, 4.69) is 15.6 Å². The van der Waals surface area contributed by atoms with Crippen LogP contribution < -0.4 is 24.8 Å². The molecule has 36 heavy (non-hydrogen) atoms. The van der Waals surface area contributed by atoms with Crippen LogP contribution >= 0.6 is 0 Å². The van der Waals surface area contributed by atoms with Gasteiger partial charge in [0.15, 0.2) is 23.1 Å². The molecule has 1 heterocycles. The summed E-state index contributed by atoms with van der Waals surface area (Å²) in [6.07, 6.45) is 1.33. The van der Waals surface area contributed by atoms with E-state index in [-0.39, 0.29) is 12.0 Å². The number of carbonyl (C=O) groups excluding carboxylic acids is 2. The zero-order chi connectivity index (χ0) is 25.7. The zero-order valence-corrected chi connectivity index (χ0v) is 19.3. The summed E-state index contributed by atoms with van der Waals surface area (Å²) in [4.78, 5) is 28.5. The number of anilines is 1. The van der Waals surface area contributed by atoms with Gasteiger partial charge in [-0.3, -0.25) is 15.1 Å². The molecule has 0 fully saturated rings. The number of rotatable bonds is 7. The number of urea groups is 1.